The lowest BCUT2D eigenvalue weighted by Gasteiger charge is -2.11. The van der Waals surface area contributed by atoms with Crippen LogP contribution in [0.2, 0.25) is 0 Å². The van der Waals surface area contributed by atoms with Crippen LogP contribution in [0.1, 0.15) is 27.3 Å². The first-order valence-electron chi connectivity index (χ1n) is 9.14. The van der Waals surface area contributed by atoms with Gasteiger partial charge in [0.1, 0.15) is 23.3 Å². The van der Waals surface area contributed by atoms with Crippen molar-refractivity contribution in [3.63, 3.8) is 0 Å². The van der Waals surface area contributed by atoms with Gasteiger partial charge in [0.05, 0.1) is 0 Å². The van der Waals surface area contributed by atoms with E-state index in [2.05, 4.69) is 30.9 Å². The summed E-state index contributed by atoms with van der Waals surface area (Å²) in [6, 6.07) is 13.1. The van der Waals surface area contributed by atoms with Crippen LogP contribution in [0.25, 0.3) is 0 Å². The van der Waals surface area contributed by atoms with E-state index in [-0.39, 0.29) is 5.91 Å². The van der Waals surface area contributed by atoms with Crippen LogP contribution in [0.5, 0.6) is 0 Å². The van der Waals surface area contributed by atoms with Gasteiger partial charge in [-0.05, 0) is 56.2 Å². The van der Waals surface area contributed by atoms with Crippen LogP contribution < -0.4 is 16.0 Å². The molecule has 144 valence electrons. The number of benzene rings is 1. The number of aryl methyl sites for hydroxylation is 3. The molecular formula is C21H24N6O. The fraction of sp³-hybridized carbons (Fsp3) is 0.238. The Morgan fingerprint density at radius 2 is 1.71 bits per heavy atom. The van der Waals surface area contributed by atoms with Crippen molar-refractivity contribution in [3.8, 4) is 0 Å². The van der Waals surface area contributed by atoms with Gasteiger partial charge >= 0.3 is 0 Å². The molecule has 28 heavy (non-hydrogen) atoms. The Bertz CT molecular complexity index is 958. The average molecular weight is 376 g/mol. The molecule has 2 aromatic heterocycles. The molecular weight excluding hydrogens is 352 g/mol. The highest BCUT2D eigenvalue weighted by Gasteiger charge is 2.07. The molecule has 7 nitrogen and oxygen atoms in total. The molecule has 0 aliphatic rings. The van der Waals surface area contributed by atoms with Crippen molar-refractivity contribution < 1.29 is 4.79 Å². The van der Waals surface area contributed by atoms with Crippen molar-refractivity contribution in [1.82, 2.24) is 20.3 Å². The van der Waals surface area contributed by atoms with Crippen LogP contribution in [0.4, 0.5) is 17.5 Å². The third-order valence-electron chi connectivity index (χ3n) is 4.24. The van der Waals surface area contributed by atoms with E-state index < -0.39 is 0 Å². The first-order chi connectivity index (χ1) is 13.5. The van der Waals surface area contributed by atoms with Gasteiger partial charge in [0.15, 0.2) is 0 Å². The zero-order valence-electron chi connectivity index (χ0n) is 16.3. The standard InChI is InChI=1S/C21H24N6O/c1-14-7-8-17(12-15(14)2)21(28)24-11-10-23-19-13-20(26-16(3)25-19)27-18-6-4-5-9-22-18/h4-9,12-13H,10-11H2,1-3H3,(H,24,28)(H2,22,23,25,26,27). The van der Waals surface area contributed by atoms with Gasteiger partial charge in [-0.15, -0.1) is 0 Å². The first-order valence-corrected chi connectivity index (χ1v) is 9.14. The van der Waals surface area contributed by atoms with E-state index >= 15 is 0 Å². The lowest BCUT2D eigenvalue weighted by molar-refractivity contribution is 0.0955. The summed E-state index contributed by atoms with van der Waals surface area (Å²) in [6.45, 7) is 6.90. The number of hydrogen-bond donors (Lipinski definition) is 3. The van der Waals surface area contributed by atoms with E-state index in [1.54, 1.807) is 6.20 Å². The number of anilines is 3. The number of aromatic nitrogens is 3. The molecule has 0 atom stereocenters. The predicted octanol–water partition coefficient (Wildman–Crippen LogP) is 3.38. The number of carbonyl (C=O) groups is 1. The minimum absolute atomic E-state index is 0.0822. The highest BCUT2D eigenvalue weighted by Crippen LogP contribution is 2.15. The second-order valence-corrected chi connectivity index (χ2v) is 6.51. The molecule has 1 amide bonds. The van der Waals surface area contributed by atoms with Gasteiger partial charge in [-0.25, -0.2) is 15.0 Å². The van der Waals surface area contributed by atoms with E-state index in [0.717, 1.165) is 5.56 Å². The van der Waals surface area contributed by atoms with Crippen LogP contribution in [-0.2, 0) is 0 Å². The summed E-state index contributed by atoms with van der Waals surface area (Å²) in [5, 5.41) is 9.28. The number of hydrogen-bond acceptors (Lipinski definition) is 6. The van der Waals surface area contributed by atoms with Crippen LogP contribution >= 0.6 is 0 Å². The zero-order valence-corrected chi connectivity index (χ0v) is 16.3. The summed E-state index contributed by atoms with van der Waals surface area (Å²) < 4.78 is 0. The molecule has 2 heterocycles. The van der Waals surface area contributed by atoms with Gasteiger partial charge < -0.3 is 16.0 Å². The molecule has 0 radical (unpaired) electrons. The largest absolute Gasteiger partial charge is 0.368 e. The van der Waals surface area contributed by atoms with Crippen LogP contribution in [0, 0.1) is 20.8 Å². The monoisotopic (exact) mass is 376 g/mol. The van der Waals surface area contributed by atoms with Crippen LogP contribution in [0.3, 0.4) is 0 Å². The van der Waals surface area contributed by atoms with E-state index in [9.17, 15) is 4.79 Å². The maximum Gasteiger partial charge on any atom is 0.251 e. The zero-order chi connectivity index (χ0) is 19.9. The maximum absolute atomic E-state index is 12.2. The highest BCUT2D eigenvalue weighted by molar-refractivity contribution is 5.94. The van der Waals surface area contributed by atoms with Gasteiger partial charge in [0.25, 0.3) is 5.91 Å². The summed E-state index contributed by atoms with van der Waals surface area (Å²) in [6.07, 6.45) is 1.72. The molecule has 3 N–H and O–H groups in total. The van der Waals surface area contributed by atoms with Gasteiger partial charge in [-0.3, -0.25) is 4.79 Å². The number of pyridine rings is 1. The van der Waals surface area contributed by atoms with Crippen molar-refractivity contribution in [1.29, 1.82) is 0 Å². The van der Waals surface area contributed by atoms with Gasteiger partial charge in [0.2, 0.25) is 0 Å². The number of nitrogens with one attached hydrogen (secondary N) is 3. The molecule has 0 aliphatic heterocycles. The van der Waals surface area contributed by atoms with Gasteiger partial charge in [-0.2, -0.15) is 0 Å². The molecule has 0 unspecified atom stereocenters. The third-order valence-corrected chi connectivity index (χ3v) is 4.24. The maximum atomic E-state index is 12.2. The Morgan fingerprint density at radius 1 is 0.893 bits per heavy atom. The number of amides is 1. The SMILES string of the molecule is Cc1nc(NCCNC(=O)c2ccc(C)c(C)c2)cc(Nc2ccccn2)n1. The molecule has 0 aliphatic carbocycles. The fourth-order valence-corrected chi connectivity index (χ4v) is 2.64. The summed E-state index contributed by atoms with van der Waals surface area (Å²) in [5.74, 6) is 2.62. The first kappa shape index (κ1) is 19.3. The summed E-state index contributed by atoms with van der Waals surface area (Å²) in [7, 11) is 0. The molecule has 0 spiro atoms. The Hall–Kier alpha value is -3.48. The minimum atomic E-state index is -0.0822. The molecule has 1 aromatic carbocycles. The quantitative estimate of drug-likeness (QED) is 0.548. The summed E-state index contributed by atoms with van der Waals surface area (Å²) in [4.78, 5) is 25.2. The topological polar surface area (TPSA) is 91.8 Å². The normalized spacial score (nSPS) is 10.4. The average Bonchev–Trinajstić information content (AvgIpc) is 2.67. The second-order valence-electron chi connectivity index (χ2n) is 6.51. The number of nitrogens with zero attached hydrogens (tertiary/aromatic N) is 3. The Morgan fingerprint density at radius 3 is 2.46 bits per heavy atom. The Labute approximate surface area is 164 Å². The fourth-order valence-electron chi connectivity index (χ4n) is 2.64. The van der Waals surface area contributed by atoms with Crippen molar-refractivity contribution >= 4 is 23.4 Å². The van der Waals surface area contributed by atoms with E-state index in [1.165, 1.54) is 5.56 Å². The van der Waals surface area contributed by atoms with Crippen molar-refractivity contribution in [2.45, 2.75) is 20.8 Å². The molecule has 0 saturated heterocycles. The Balaban J connectivity index is 1.53. The third kappa shape index (κ3) is 5.26. The molecule has 0 bridgehead atoms. The Kier molecular flexibility index (Phi) is 6.16. The lowest BCUT2D eigenvalue weighted by Crippen LogP contribution is -2.29. The van der Waals surface area contributed by atoms with Crippen LogP contribution in [-0.4, -0.2) is 33.9 Å². The summed E-state index contributed by atoms with van der Waals surface area (Å²) >= 11 is 0. The van der Waals surface area contributed by atoms with Crippen molar-refractivity contribution in [2.24, 2.45) is 0 Å². The molecule has 3 rings (SSSR count). The highest BCUT2D eigenvalue weighted by atomic mass is 16.1. The van der Waals surface area contributed by atoms with E-state index in [1.807, 2.05) is 63.2 Å². The smallest absolute Gasteiger partial charge is 0.251 e. The van der Waals surface area contributed by atoms with E-state index in [4.69, 9.17) is 0 Å². The molecule has 0 saturated carbocycles. The number of rotatable bonds is 7. The molecule has 0 fully saturated rings. The number of carbonyl (C=O) groups excluding carboxylic acids is 1. The van der Waals surface area contributed by atoms with Crippen molar-refractivity contribution in [3.05, 3.63) is 71.2 Å². The second kappa shape index (κ2) is 8.94. The van der Waals surface area contributed by atoms with Gasteiger partial charge in [0, 0.05) is 30.9 Å². The van der Waals surface area contributed by atoms with Crippen molar-refractivity contribution in [2.75, 3.05) is 23.7 Å². The van der Waals surface area contributed by atoms with Gasteiger partial charge in [-0.1, -0.05) is 12.1 Å². The summed E-state index contributed by atoms with van der Waals surface area (Å²) in [5.41, 5.74) is 2.95. The van der Waals surface area contributed by atoms with Crippen LogP contribution in [0.15, 0.2) is 48.7 Å². The minimum Gasteiger partial charge on any atom is -0.368 e. The lowest BCUT2D eigenvalue weighted by atomic mass is 10.1. The molecule has 7 heteroatoms. The molecule has 3 aromatic rings. The van der Waals surface area contributed by atoms with E-state index in [0.29, 0.717) is 41.9 Å². The predicted molar refractivity (Wildman–Crippen MR) is 111 cm³/mol.